The summed E-state index contributed by atoms with van der Waals surface area (Å²) in [6.45, 7) is 1.01. The number of ether oxygens (including phenoxy) is 3. The minimum absolute atomic E-state index is 0.168. The van der Waals surface area contributed by atoms with E-state index in [1.54, 1.807) is 18.2 Å². The predicted molar refractivity (Wildman–Crippen MR) is 114 cm³/mol. The summed E-state index contributed by atoms with van der Waals surface area (Å²) in [5, 5.41) is 10.7. The molecule has 0 bridgehead atoms. The molecule has 2 N–H and O–H groups in total. The monoisotopic (exact) mass is 482 g/mol. The molecule has 1 aromatic carbocycles. The topological polar surface area (TPSA) is 149 Å². The first-order valence-electron chi connectivity index (χ1n) is 10.5. The molecule has 3 amide bonds. The maximum Gasteiger partial charge on any atom is 0.329 e. The number of piperidine rings is 1. The molecule has 2 aliphatic heterocycles. The van der Waals surface area contributed by atoms with Crippen molar-refractivity contribution in [1.29, 1.82) is 0 Å². The summed E-state index contributed by atoms with van der Waals surface area (Å²) >= 11 is 0. The summed E-state index contributed by atoms with van der Waals surface area (Å²) in [5.74, 6) is -1.95. The highest BCUT2D eigenvalue weighted by molar-refractivity contribution is 7.85. The van der Waals surface area contributed by atoms with Crippen LogP contribution in [0.3, 0.4) is 0 Å². The van der Waals surface area contributed by atoms with Crippen molar-refractivity contribution in [3.63, 3.8) is 0 Å². The molecule has 1 saturated heterocycles. The molecule has 2 unspecified atom stereocenters. The Morgan fingerprint density at radius 2 is 1.79 bits per heavy atom. The average Bonchev–Trinajstić information content (AvgIpc) is 3.11. The van der Waals surface area contributed by atoms with Crippen LogP contribution in [0.1, 0.15) is 28.8 Å². The van der Waals surface area contributed by atoms with Gasteiger partial charge in [-0.1, -0.05) is 6.07 Å². The van der Waals surface area contributed by atoms with Crippen molar-refractivity contribution in [1.82, 2.24) is 10.2 Å². The zero-order valence-electron chi connectivity index (χ0n) is 17.9. The molecule has 0 aliphatic carbocycles. The van der Waals surface area contributed by atoms with Gasteiger partial charge in [-0.15, -0.1) is 0 Å². The zero-order valence-corrected chi connectivity index (χ0v) is 18.8. The Morgan fingerprint density at radius 3 is 2.48 bits per heavy atom. The number of nitrogens with zero attached hydrogens (tertiary/aromatic N) is 1. The summed E-state index contributed by atoms with van der Waals surface area (Å²) in [6.07, 6.45) is 0.441. The van der Waals surface area contributed by atoms with Crippen LogP contribution < -0.4 is 5.32 Å². The highest BCUT2D eigenvalue weighted by Gasteiger charge is 2.40. The van der Waals surface area contributed by atoms with Gasteiger partial charge in [-0.05, 0) is 18.6 Å². The third-order valence-electron chi connectivity index (χ3n) is 5.17. The van der Waals surface area contributed by atoms with Crippen molar-refractivity contribution in [2.45, 2.75) is 30.3 Å². The summed E-state index contributed by atoms with van der Waals surface area (Å²) < 4.78 is 28.4. The number of benzene rings is 1. The molecule has 0 aromatic heterocycles. The number of imide groups is 1. The number of rotatable bonds is 13. The largest absolute Gasteiger partial charge is 0.480 e. The number of amides is 3. The van der Waals surface area contributed by atoms with Gasteiger partial charge < -0.3 is 24.2 Å². The van der Waals surface area contributed by atoms with Gasteiger partial charge in [0.05, 0.1) is 49.6 Å². The number of aliphatic carboxylic acids is 1. The zero-order chi connectivity index (χ0) is 23.8. The Hall–Kier alpha value is -2.67. The first kappa shape index (κ1) is 25.0. The molecule has 3 rings (SSSR count). The van der Waals surface area contributed by atoms with Crippen LogP contribution in [-0.2, 0) is 45.9 Å². The molecular formula is C21H26N2O9S. The smallest absolute Gasteiger partial charge is 0.329 e. The lowest BCUT2D eigenvalue weighted by atomic mass is 10.0. The number of carboxylic acids is 1. The Kier molecular flexibility index (Phi) is 9.06. The van der Waals surface area contributed by atoms with Crippen LogP contribution in [0, 0.1) is 0 Å². The first-order chi connectivity index (χ1) is 15.9. The number of carboxylic acid groups (broad SMARTS) is 1. The van der Waals surface area contributed by atoms with Crippen LogP contribution in [0.2, 0.25) is 0 Å². The van der Waals surface area contributed by atoms with Crippen LogP contribution >= 0.6 is 0 Å². The fourth-order valence-electron chi connectivity index (χ4n) is 3.61. The number of hydrogen-bond donors (Lipinski definition) is 2. The first-order valence-corrected chi connectivity index (χ1v) is 11.8. The van der Waals surface area contributed by atoms with Gasteiger partial charge >= 0.3 is 5.97 Å². The molecule has 0 radical (unpaired) electrons. The Morgan fingerprint density at radius 1 is 1.09 bits per heavy atom. The summed E-state index contributed by atoms with van der Waals surface area (Å²) in [4.78, 5) is 48.7. The summed E-state index contributed by atoms with van der Waals surface area (Å²) in [5.41, 5.74) is 1.06. The molecule has 1 aromatic rings. The van der Waals surface area contributed by atoms with E-state index in [2.05, 4.69) is 5.32 Å². The minimum Gasteiger partial charge on any atom is -0.480 e. The molecule has 11 nitrogen and oxygen atoms in total. The van der Waals surface area contributed by atoms with Crippen LogP contribution in [-0.4, -0.2) is 89.3 Å². The minimum atomic E-state index is -1.41. The number of carbonyl (C=O) groups is 4. The van der Waals surface area contributed by atoms with E-state index in [0.717, 1.165) is 0 Å². The molecule has 2 aliphatic rings. The van der Waals surface area contributed by atoms with Crippen molar-refractivity contribution in [2.24, 2.45) is 0 Å². The number of hydrogen-bond acceptors (Lipinski definition) is 8. The molecular weight excluding hydrogens is 456 g/mol. The third kappa shape index (κ3) is 6.67. The van der Waals surface area contributed by atoms with Gasteiger partial charge in [0, 0.05) is 29.0 Å². The molecule has 2 heterocycles. The maximum atomic E-state index is 12.8. The molecule has 180 valence electrons. The highest BCUT2D eigenvalue weighted by atomic mass is 32.2. The van der Waals surface area contributed by atoms with E-state index in [1.165, 1.54) is 4.90 Å². The fraction of sp³-hybridized carbons (Fsp3) is 0.524. The van der Waals surface area contributed by atoms with Crippen LogP contribution in [0.15, 0.2) is 23.1 Å². The molecule has 2 atom stereocenters. The second-order valence-corrected chi connectivity index (χ2v) is 8.94. The van der Waals surface area contributed by atoms with E-state index in [9.17, 15) is 23.4 Å². The van der Waals surface area contributed by atoms with Gasteiger partial charge in [-0.25, -0.2) is 4.79 Å². The molecule has 12 heteroatoms. The second kappa shape index (κ2) is 12.0. The normalized spacial score (nSPS) is 18.8. The van der Waals surface area contributed by atoms with Gasteiger partial charge in [0.15, 0.2) is 0 Å². The van der Waals surface area contributed by atoms with Crippen molar-refractivity contribution in [3.05, 3.63) is 29.3 Å². The van der Waals surface area contributed by atoms with Crippen LogP contribution in [0.25, 0.3) is 0 Å². The van der Waals surface area contributed by atoms with Crippen LogP contribution in [0.5, 0.6) is 0 Å². The van der Waals surface area contributed by atoms with E-state index in [4.69, 9.17) is 19.3 Å². The lowest BCUT2D eigenvalue weighted by molar-refractivity contribution is -0.143. The maximum absolute atomic E-state index is 12.8. The quantitative estimate of drug-likeness (QED) is 0.285. The van der Waals surface area contributed by atoms with Gasteiger partial charge in [0.25, 0.3) is 5.91 Å². The number of carbonyl (C=O) groups excluding carboxylic acids is 3. The molecule has 0 saturated carbocycles. The Bertz CT molecular complexity index is 936. The lowest BCUT2D eigenvalue weighted by Crippen LogP contribution is -2.52. The van der Waals surface area contributed by atoms with Gasteiger partial charge in [-0.3, -0.25) is 23.9 Å². The SMILES string of the molecule is O=C(O)COCCOCCOCCS(=O)c1cccc2c1CN(C1CCC(=O)NC1=O)C2=O. The van der Waals surface area contributed by atoms with Gasteiger partial charge in [0.1, 0.15) is 12.6 Å². The standard InChI is InChI=1S/C21H26N2O9S/c24-18-5-4-16(20(27)22-18)23-12-15-14(21(23)28)2-1-3-17(15)33(29)11-10-31-7-6-30-8-9-32-13-19(25)26/h1-3,16H,4-13H2,(H,25,26)(H,22,24,27). The average molecular weight is 483 g/mol. The summed E-state index contributed by atoms with van der Waals surface area (Å²) in [6, 6.07) is 4.30. The van der Waals surface area contributed by atoms with E-state index in [1.807, 2.05) is 0 Å². The van der Waals surface area contributed by atoms with Crippen molar-refractivity contribution in [2.75, 3.05) is 45.4 Å². The molecule has 1 fully saturated rings. The highest BCUT2D eigenvalue weighted by Crippen LogP contribution is 2.31. The van der Waals surface area contributed by atoms with E-state index < -0.39 is 28.7 Å². The molecule has 0 spiro atoms. The van der Waals surface area contributed by atoms with Crippen LogP contribution in [0.4, 0.5) is 0 Å². The van der Waals surface area contributed by atoms with Crippen molar-refractivity contribution < 1.29 is 42.7 Å². The Labute approximate surface area is 192 Å². The number of fused-ring (bicyclic) bond motifs is 1. The third-order valence-corrected chi connectivity index (χ3v) is 6.58. The van der Waals surface area contributed by atoms with E-state index in [0.29, 0.717) is 22.6 Å². The lowest BCUT2D eigenvalue weighted by Gasteiger charge is -2.29. The van der Waals surface area contributed by atoms with Crippen molar-refractivity contribution >= 4 is 34.5 Å². The van der Waals surface area contributed by atoms with E-state index in [-0.39, 0.29) is 70.0 Å². The fourth-order valence-corrected chi connectivity index (χ4v) is 4.78. The predicted octanol–water partition coefficient (Wildman–Crippen LogP) is -0.310. The second-order valence-electron chi connectivity index (χ2n) is 7.40. The Balaban J connectivity index is 1.44. The molecule has 33 heavy (non-hydrogen) atoms. The summed E-state index contributed by atoms with van der Waals surface area (Å²) in [7, 11) is -1.41. The van der Waals surface area contributed by atoms with E-state index >= 15 is 0 Å². The van der Waals surface area contributed by atoms with Gasteiger partial charge in [-0.2, -0.15) is 0 Å². The number of nitrogens with one attached hydrogen (secondary N) is 1. The van der Waals surface area contributed by atoms with Gasteiger partial charge in [0.2, 0.25) is 11.8 Å². The van der Waals surface area contributed by atoms with Crippen molar-refractivity contribution in [3.8, 4) is 0 Å².